The second-order valence-electron chi connectivity index (χ2n) is 6.71. The minimum atomic E-state index is 0.242. The average molecular weight is 351 g/mol. The van der Waals surface area contributed by atoms with Crippen LogP contribution < -0.4 is 10.5 Å². The number of ether oxygens (including phenoxy) is 1. The van der Waals surface area contributed by atoms with Crippen molar-refractivity contribution in [3.8, 4) is 5.75 Å². The highest BCUT2D eigenvalue weighted by Crippen LogP contribution is 2.35. The maximum atomic E-state index is 5.80. The number of hydrogen-bond donors (Lipinski definition) is 2. The van der Waals surface area contributed by atoms with Gasteiger partial charge in [0.2, 0.25) is 0 Å². The molecule has 4 rings (SSSR count). The van der Waals surface area contributed by atoms with Crippen LogP contribution in [0, 0.1) is 0 Å². The van der Waals surface area contributed by atoms with E-state index < -0.39 is 0 Å². The van der Waals surface area contributed by atoms with E-state index >= 15 is 0 Å². The summed E-state index contributed by atoms with van der Waals surface area (Å²) in [4.78, 5) is 15.3. The van der Waals surface area contributed by atoms with Crippen LogP contribution in [-0.2, 0) is 6.54 Å². The first-order chi connectivity index (χ1) is 12.8. The number of unbranched alkanes of at least 4 members (excludes halogenated alkanes) is 1. The number of aromatic amines is 1. The molecule has 1 aliphatic heterocycles. The van der Waals surface area contributed by atoms with Gasteiger partial charge in [0.05, 0.1) is 35.9 Å². The number of rotatable bonds is 7. The normalized spacial score (nSPS) is 16.6. The number of imidazole rings is 1. The molecule has 3 aromatic rings. The van der Waals surface area contributed by atoms with Crippen LogP contribution in [0.15, 0.2) is 42.6 Å². The molecule has 3 heterocycles. The molecule has 1 aromatic carbocycles. The Morgan fingerprint density at radius 2 is 2.12 bits per heavy atom. The first-order valence-electron chi connectivity index (χ1n) is 9.30. The number of fused-ring (bicyclic) bond motifs is 2. The van der Waals surface area contributed by atoms with E-state index in [1.54, 1.807) is 0 Å². The highest BCUT2D eigenvalue weighted by atomic mass is 16.5. The molecule has 0 saturated heterocycles. The zero-order chi connectivity index (χ0) is 17.8. The summed E-state index contributed by atoms with van der Waals surface area (Å²) in [7, 11) is 0. The number of nitrogens with zero attached hydrogens (tertiary/aromatic N) is 3. The topological polar surface area (TPSA) is 80.1 Å². The van der Waals surface area contributed by atoms with Crippen molar-refractivity contribution in [2.75, 3.05) is 19.7 Å². The van der Waals surface area contributed by atoms with Gasteiger partial charge in [-0.05, 0) is 50.2 Å². The van der Waals surface area contributed by atoms with Crippen LogP contribution in [-0.4, -0.2) is 39.5 Å². The van der Waals surface area contributed by atoms with Crippen LogP contribution in [0.1, 0.15) is 36.8 Å². The van der Waals surface area contributed by atoms with E-state index in [1.165, 1.54) is 0 Å². The lowest BCUT2D eigenvalue weighted by atomic mass is 10.0. The largest absolute Gasteiger partial charge is 0.492 e. The molecule has 0 radical (unpaired) electrons. The smallest absolute Gasteiger partial charge is 0.142 e. The Bertz CT molecular complexity index is 829. The molecule has 0 amide bonds. The third kappa shape index (κ3) is 3.57. The number of para-hydroxylation sites is 2. The summed E-state index contributed by atoms with van der Waals surface area (Å²) in [5.41, 5.74) is 8.82. The zero-order valence-corrected chi connectivity index (χ0v) is 14.9. The fourth-order valence-corrected chi connectivity index (χ4v) is 3.63. The second-order valence-corrected chi connectivity index (χ2v) is 6.71. The van der Waals surface area contributed by atoms with Crippen molar-refractivity contribution in [3.05, 3.63) is 54.1 Å². The van der Waals surface area contributed by atoms with Crippen molar-refractivity contribution in [3.63, 3.8) is 0 Å². The molecule has 0 fully saturated rings. The number of pyridine rings is 1. The molecule has 136 valence electrons. The maximum Gasteiger partial charge on any atom is 0.142 e. The fraction of sp³-hybridized carbons (Fsp3) is 0.400. The lowest BCUT2D eigenvalue weighted by Crippen LogP contribution is -2.34. The summed E-state index contributed by atoms with van der Waals surface area (Å²) >= 11 is 0. The number of benzene rings is 1. The van der Waals surface area contributed by atoms with Crippen molar-refractivity contribution in [1.82, 2.24) is 19.9 Å². The molecule has 6 nitrogen and oxygen atoms in total. The third-order valence-electron chi connectivity index (χ3n) is 4.90. The van der Waals surface area contributed by atoms with Crippen molar-refractivity contribution in [1.29, 1.82) is 0 Å². The van der Waals surface area contributed by atoms with Crippen LogP contribution in [0.2, 0.25) is 0 Å². The van der Waals surface area contributed by atoms with Crippen LogP contribution in [0.4, 0.5) is 0 Å². The Morgan fingerprint density at radius 3 is 3.00 bits per heavy atom. The first-order valence-corrected chi connectivity index (χ1v) is 9.30. The number of nitrogens with two attached hydrogens (primary N) is 1. The van der Waals surface area contributed by atoms with E-state index in [0.29, 0.717) is 0 Å². The first kappa shape index (κ1) is 17.0. The monoisotopic (exact) mass is 351 g/mol. The number of hydrogen-bond acceptors (Lipinski definition) is 5. The fourth-order valence-electron chi connectivity index (χ4n) is 3.63. The highest BCUT2D eigenvalue weighted by Gasteiger charge is 2.28. The van der Waals surface area contributed by atoms with Crippen LogP contribution >= 0.6 is 0 Å². The zero-order valence-electron chi connectivity index (χ0n) is 14.9. The molecule has 6 heteroatoms. The van der Waals surface area contributed by atoms with Gasteiger partial charge in [-0.1, -0.05) is 12.1 Å². The Morgan fingerprint density at radius 1 is 1.19 bits per heavy atom. The van der Waals surface area contributed by atoms with Gasteiger partial charge >= 0.3 is 0 Å². The van der Waals surface area contributed by atoms with Gasteiger partial charge in [-0.15, -0.1) is 0 Å². The van der Waals surface area contributed by atoms with Gasteiger partial charge in [-0.3, -0.25) is 9.88 Å². The number of nitrogens with one attached hydrogen (secondary N) is 1. The summed E-state index contributed by atoms with van der Waals surface area (Å²) in [6.45, 7) is 3.17. The molecule has 1 aliphatic rings. The minimum absolute atomic E-state index is 0.242. The van der Waals surface area contributed by atoms with E-state index in [0.717, 1.165) is 73.8 Å². The molecule has 2 aromatic heterocycles. The van der Waals surface area contributed by atoms with Crippen molar-refractivity contribution in [2.45, 2.75) is 31.8 Å². The molecule has 0 aliphatic carbocycles. The van der Waals surface area contributed by atoms with Gasteiger partial charge in [0.15, 0.2) is 0 Å². The summed E-state index contributed by atoms with van der Waals surface area (Å²) in [5, 5.41) is 0. The van der Waals surface area contributed by atoms with Gasteiger partial charge < -0.3 is 15.5 Å². The van der Waals surface area contributed by atoms with Crippen molar-refractivity contribution < 1.29 is 4.74 Å². The Labute approximate surface area is 153 Å². The van der Waals surface area contributed by atoms with Gasteiger partial charge in [-0.2, -0.15) is 0 Å². The molecule has 0 saturated carbocycles. The lowest BCUT2D eigenvalue weighted by molar-refractivity contribution is 0.124. The van der Waals surface area contributed by atoms with Crippen molar-refractivity contribution in [2.24, 2.45) is 5.73 Å². The van der Waals surface area contributed by atoms with Crippen molar-refractivity contribution >= 4 is 11.0 Å². The van der Waals surface area contributed by atoms with Gasteiger partial charge in [-0.25, -0.2) is 4.98 Å². The van der Waals surface area contributed by atoms with E-state index in [9.17, 15) is 0 Å². The van der Waals surface area contributed by atoms with E-state index in [2.05, 4.69) is 20.9 Å². The molecule has 0 spiro atoms. The summed E-state index contributed by atoms with van der Waals surface area (Å²) in [5.74, 6) is 1.89. The molecule has 26 heavy (non-hydrogen) atoms. The molecular weight excluding hydrogens is 326 g/mol. The van der Waals surface area contributed by atoms with E-state index in [4.69, 9.17) is 15.5 Å². The Balaban J connectivity index is 1.60. The standard InChI is InChI=1S/C20H25N5O/c21-10-3-4-12-25(14-19-23-15-6-1-2-7-16(15)24-19)17-9-13-26-18-8-5-11-22-20(17)18/h1-2,5-8,11,17H,3-4,9-10,12-14,21H2,(H,23,24)/t17-/m0/s1. The van der Waals surface area contributed by atoms with Gasteiger partial charge in [0.25, 0.3) is 0 Å². The summed E-state index contributed by atoms with van der Waals surface area (Å²) < 4.78 is 5.80. The SMILES string of the molecule is NCCCCN(Cc1nc2ccccc2[nH]1)[C@H]1CCOc2cccnc21. The van der Waals surface area contributed by atoms with Crippen LogP contribution in [0.25, 0.3) is 11.0 Å². The number of H-pyrrole nitrogens is 1. The lowest BCUT2D eigenvalue weighted by Gasteiger charge is -2.34. The van der Waals surface area contributed by atoms with Gasteiger partial charge in [0, 0.05) is 12.6 Å². The predicted molar refractivity (Wildman–Crippen MR) is 102 cm³/mol. The quantitative estimate of drug-likeness (QED) is 0.640. The summed E-state index contributed by atoms with van der Waals surface area (Å²) in [6.07, 6.45) is 4.87. The molecule has 0 bridgehead atoms. The Kier molecular flexibility index (Phi) is 5.13. The molecule has 3 N–H and O–H groups in total. The van der Waals surface area contributed by atoms with E-state index in [1.807, 2.05) is 36.5 Å². The van der Waals surface area contributed by atoms with Crippen LogP contribution in [0.3, 0.4) is 0 Å². The average Bonchev–Trinajstić information content (AvgIpc) is 3.09. The predicted octanol–water partition coefficient (Wildman–Crippen LogP) is 3.02. The van der Waals surface area contributed by atoms with Gasteiger partial charge in [0.1, 0.15) is 11.6 Å². The highest BCUT2D eigenvalue weighted by molar-refractivity contribution is 5.74. The van der Waals surface area contributed by atoms with Crippen LogP contribution in [0.5, 0.6) is 5.75 Å². The number of aromatic nitrogens is 3. The van der Waals surface area contributed by atoms with E-state index in [-0.39, 0.29) is 6.04 Å². The maximum absolute atomic E-state index is 5.80. The molecule has 1 atom stereocenters. The third-order valence-corrected chi connectivity index (χ3v) is 4.90. The molecule has 0 unspecified atom stereocenters. The Hall–Kier alpha value is -2.44. The minimum Gasteiger partial charge on any atom is -0.492 e. The second kappa shape index (κ2) is 7.85. The molecular formula is C20H25N5O. The summed E-state index contributed by atoms with van der Waals surface area (Å²) in [6, 6.07) is 12.3.